The van der Waals surface area contributed by atoms with Crippen molar-refractivity contribution in [2.24, 2.45) is 0 Å². The monoisotopic (exact) mass is 440 g/mol. The van der Waals surface area contributed by atoms with Gasteiger partial charge in [-0.1, -0.05) is 18.2 Å². The zero-order valence-electron chi connectivity index (χ0n) is 17.0. The van der Waals surface area contributed by atoms with E-state index < -0.39 is 11.7 Å². The summed E-state index contributed by atoms with van der Waals surface area (Å²) in [5, 5.41) is 0. The number of alkyl halides is 3. The van der Waals surface area contributed by atoms with E-state index in [0.29, 0.717) is 32.0 Å². The van der Waals surface area contributed by atoms with E-state index in [0.717, 1.165) is 46.1 Å². The highest BCUT2D eigenvalue weighted by Crippen LogP contribution is 2.53. The summed E-state index contributed by atoms with van der Waals surface area (Å²) in [5.41, 5.74) is 3.65. The Bertz CT molecular complexity index is 1200. The summed E-state index contributed by atoms with van der Waals surface area (Å²) in [6.45, 7) is 2.24. The number of hydrogen-bond donors (Lipinski definition) is 0. The number of hydrogen-bond acceptors (Lipinski definition) is 5. The van der Waals surface area contributed by atoms with E-state index in [1.807, 2.05) is 24.3 Å². The maximum absolute atomic E-state index is 12.9. The van der Waals surface area contributed by atoms with E-state index in [1.165, 1.54) is 6.07 Å². The molecule has 8 heteroatoms. The van der Waals surface area contributed by atoms with Crippen molar-refractivity contribution in [3.63, 3.8) is 0 Å². The third kappa shape index (κ3) is 2.93. The third-order valence-electron chi connectivity index (χ3n) is 6.43. The molecule has 0 saturated heterocycles. The van der Waals surface area contributed by atoms with E-state index in [-0.39, 0.29) is 12.2 Å². The fourth-order valence-corrected chi connectivity index (χ4v) is 4.90. The Labute approximate surface area is 182 Å². The normalized spacial score (nSPS) is 21.0. The summed E-state index contributed by atoms with van der Waals surface area (Å²) in [6.07, 6.45) is -3.50. The van der Waals surface area contributed by atoms with Crippen LogP contribution in [0.25, 0.3) is 0 Å². The first kappa shape index (κ1) is 19.4. The van der Waals surface area contributed by atoms with Gasteiger partial charge in [-0.15, -0.1) is 0 Å². The largest absolute Gasteiger partial charge is 0.492 e. The Balaban J connectivity index is 1.37. The molecule has 1 aromatic heterocycles. The number of rotatable bonds is 2. The first-order valence-electron chi connectivity index (χ1n) is 10.3. The molecule has 0 aliphatic carbocycles. The maximum Gasteiger partial charge on any atom is 0.417 e. The highest BCUT2D eigenvalue weighted by Gasteiger charge is 2.50. The van der Waals surface area contributed by atoms with Crippen LogP contribution in [0.5, 0.6) is 11.5 Å². The Hall–Kier alpha value is -3.26. The molecule has 1 spiro atoms. The van der Waals surface area contributed by atoms with Crippen molar-refractivity contribution in [1.82, 2.24) is 4.98 Å². The van der Waals surface area contributed by atoms with Gasteiger partial charge in [0.15, 0.2) is 6.79 Å². The zero-order valence-corrected chi connectivity index (χ0v) is 17.0. The third-order valence-corrected chi connectivity index (χ3v) is 6.43. The molecule has 3 aliphatic heterocycles. The van der Waals surface area contributed by atoms with Crippen LogP contribution in [-0.4, -0.2) is 24.9 Å². The van der Waals surface area contributed by atoms with Crippen molar-refractivity contribution >= 4 is 5.69 Å². The molecule has 3 aromatic rings. The van der Waals surface area contributed by atoms with Gasteiger partial charge in [-0.05, 0) is 35.9 Å². The number of nitrogens with zero attached hydrogens (tertiary/aromatic N) is 2. The number of halogens is 3. The number of anilines is 1. The molecule has 0 N–H and O–H groups in total. The molecule has 6 rings (SSSR count). The molecule has 2 aromatic carbocycles. The predicted octanol–water partition coefficient (Wildman–Crippen LogP) is 4.67. The molecule has 0 fully saturated rings. The molecule has 4 heterocycles. The summed E-state index contributed by atoms with van der Waals surface area (Å²) >= 11 is 0. The first-order valence-corrected chi connectivity index (χ1v) is 10.3. The van der Waals surface area contributed by atoms with Crippen LogP contribution in [0.15, 0.2) is 54.7 Å². The summed E-state index contributed by atoms with van der Waals surface area (Å²) in [4.78, 5) is 6.23. The van der Waals surface area contributed by atoms with Crippen molar-refractivity contribution < 1.29 is 27.4 Å². The molecule has 5 nitrogen and oxygen atoms in total. The van der Waals surface area contributed by atoms with Crippen molar-refractivity contribution in [3.05, 3.63) is 82.7 Å². The van der Waals surface area contributed by atoms with Gasteiger partial charge in [0.05, 0.1) is 29.8 Å². The van der Waals surface area contributed by atoms with E-state index in [1.54, 1.807) is 0 Å². The standard InChI is InChI=1S/C24H19F3N2O3/c25-24(26,27)16-5-6-17(28-9-16)10-29-12-23(18-3-1-2-4-20(18)29)13-31-22-7-15-11-30-14-32-21(15)8-19(22)23/h1-9H,10-14H2. The van der Waals surface area contributed by atoms with Crippen LogP contribution in [0.4, 0.5) is 18.9 Å². The van der Waals surface area contributed by atoms with Crippen LogP contribution >= 0.6 is 0 Å². The van der Waals surface area contributed by atoms with Gasteiger partial charge in [0.1, 0.15) is 18.1 Å². The number of pyridine rings is 1. The van der Waals surface area contributed by atoms with Crippen LogP contribution in [0.3, 0.4) is 0 Å². The molecule has 0 amide bonds. The molecule has 1 atom stereocenters. The van der Waals surface area contributed by atoms with E-state index >= 15 is 0 Å². The fraction of sp³-hybridized carbons (Fsp3) is 0.292. The van der Waals surface area contributed by atoms with Gasteiger partial charge in [-0.25, -0.2) is 0 Å². The minimum absolute atomic E-state index is 0.224. The minimum Gasteiger partial charge on any atom is -0.492 e. The van der Waals surface area contributed by atoms with Crippen LogP contribution in [-0.2, 0) is 29.5 Å². The minimum atomic E-state index is -4.40. The van der Waals surface area contributed by atoms with Crippen LogP contribution in [0.2, 0.25) is 0 Å². The lowest BCUT2D eigenvalue weighted by Gasteiger charge is -2.26. The van der Waals surface area contributed by atoms with Gasteiger partial charge in [0.25, 0.3) is 0 Å². The lowest BCUT2D eigenvalue weighted by molar-refractivity contribution is -0.137. The average molecular weight is 440 g/mol. The topological polar surface area (TPSA) is 43.8 Å². The first-order chi connectivity index (χ1) is 15.4. The molecule has 1 unspecified atom stereocenters. The summed E-state index contributed by atoms with van der Waals surface area (Å²) in [7, 11) is 0. The van der Waals surface area contributed by atoms with Crippen LogP contribution in [0, 0.1) is 0 Å². The number of para-hydroxylation sites is 1. The maximum atomic E-state index is 12.9. The zero-order chi connectivity index (χ0) is 21.9. The summed E-state index contributed by atoms with van der Waals surface area (Å²) in [6, 6.07) is 14.7. The van der Waals surface area contributed by atoms with Crippen molar-refractivity contribution in [1.29, 1.82) is 0 Å². The molecular formula is C24H19F3N2O3. The SMILES string of the molecule is FC(F)(F)c1ccc(CN2CC3(COc4cc5c(cc43)OCOC5)c3ccccc32)nc1. The molecule has 0 radical (unpaired) electrons. The molecule has 0 bridgehead atoms. The quantitative estimate of drug-likeness (QED) is 0.580. The Morgan fingerprint density at radius 1 is 1.00 bits per heavy atom. The van der Waals surface area contributed by atoms with E-state index in [4.69, 9.17) is 14.2 Å². The van der Waals surface area contributed by atoms with Crippen molar-refractivity contribution in [3.8, 4) is 11.5 Å². The fourth-order valence-electron chi connectivity index (χ4n) is 4.90. The average Bonchev–Trinajstić information content (AvgIpc) is 3.31. The second-order valence-electron chi connectivity index (χ2n) is 8.35. The van der Waals surface area contributed by atoms with Gasteiger partial charge in [-0.3, -0.25) is 4.98 Å². The lowest BCUT2D eigenvalue weighted by atomic mass is 9.77. The van der Waals surface area contributed by atoms with Crippen LogP contribution < -0.4 is 14.4 Å². The second kappa shape index (κ2) is 6.87. The Morgan fingerprint density at radius 2 is 1.88 bits per heavy atom. The number of aromatic nitrogens is 1. The smallest absolute Gasteiger partial charge is 0.417 e. The molecular weight excluding hydrogens is 421 g/mol. The molecule has 164 valence electrons. The predicted molar refractivity (Wildman–Crippen MR) is 110 cm³/mol. The van der Waals surface area contributed by atoms with Crippen LogP contribution in [0.1, 0.15) is 27.9 Å². The summed E-state index contributed by atoms with van der Waals surface area (Å²) < 4.78 is 55.9. The second-order valence-corrected chi connectivity index (χ2v) is 8.35. The Morgan fingerprint density at radius 3 is 2.69 bits per heavy atom. The number of benzene rings is 2. The van der Waals surface area contributed by atoms with Crippen molar-refractivity contribution in [2.45, 2.75) is 24.7 Å². The van der Waals surface area contributed by atoms with Gasteiger partial charge in [0, 0.05) is 29.6 Å². The van der Waals surface area contributed by atoms with Crippen molar-refractivity contribution in [2.75, 3.05) is 24.8 Å². The van der Waals surface area contributed by atoms with E-state index in [2.05, 4.69) is 22.0 Å². The van der Waals surface area contributed by atoms with Gasteiger partial charge < -0.3 is 19.1 Å². The van der Waals surface area contributed by atoms with Gasteiger partial charge in [-0.2, -0.15) is 13.2 Å². The Kier molecular flexibility index (Phi) is 4.17. The molecule has 0 saturated carbocycles. The van der Waals surface area contributed by atoms with E-state index in [9.17, 15) is 13.2 Å². The number of ether oxygens (including phenoxy) is 3. The molecule has 32 heavy (non-hydrogen) atoms. The number of fused-ring (bicyclic) bond motifs is 5. The van der Waals surface area contributed by atoms with Gasteiger partial charge >= 0.3 is 6.18 Å². The summed E-state index contributed by atoms with van der Waals surface area (Å²) in [5.74, 6) is 1.63. The highest BCUT2D eigenvalue weighted by molar-refractivity contribution is 5.70. The van der Waals surface area contributed by atoms with Gasteiger partial charge in [0.2, 0.25) is 0 Å². The molecule has 3 aliphatic rings. The highest BCUT2D eigenvalue weighted by atomic mass is 19.4. The lowest BCUT2D eigenvalue weighted by Crippen LogP contribution is -2.36.